The van der Waals surface area contributed by atoms with Crippen molar-refractivity contribution < 1.29 is 4.79 Å². The van der Waals surface area contributed by atoms with Crippen LogP contribution >= 0.6 is 11.9 Å². The van der Waals surface area contributed by atoms with Gasteiger partial charge >= 0.3 is 0 Å². The van der Waals surface area contributed by atoms with Crippen molar-refractivity contribution >= 4 is 23.5 Å². The molecule has 0 saturated heterocycles. The number of nitrogen functional groups attached to an aromatic ring is 1. The monoisotopic (exact) mass is 363 g/mol. The van der Waals surface area contributed by atoms with Crippen LogP contribution in [0.3, 0.4) is 0 Å². The van der Waals surface area contributed by atoms with E-state index in [-0.39, 0.29) is 0 Å². The van der Waals surface area contributed by atoms with Crippen LogP contribution in [0, 0.1) is 0 Å². The first kappa shape index (κ1) is 18.0. The maximum atomic E-state index is 11.9. The van der Waals surface area contributed by atoms with Gasteiger partial charge in [-0.05, 0) is 67.0 Å². The molecule has 0 saturated carbocycles. The molecule has 0 bridgehead atoms. The van der Waals surface area contributed by atoms with Gasteiger partial charge in [0.15, 0.2) is 0 Å². The van der Waals surface area contributed by atoms with E-state index < -0.39 is 5.91 Å². The molecule has 3 aromatic carbocycles. The third kappa shape index (κ3) is 3.90. The van der Waals surface area contributed by atoms with E-state index in [2.05, 4.69) is 6.07 Å². The van der Waals surface area contributed by atoms with Crippen LogP contribution in [0.1, 0.15) is 10.4 Å². The lowest BCUT2D eigenvalue weighted by atomic mass is 9.94. The Morgan fingerprint density at radius 2 is 1.58 bits per heavy atom. The lowest BCUT2D eigenvalue weighted by Gasteiger charge is -2.15. The lowest BCUT2D eigenvalue weighted by molar-refractivity contribution is 0.100. The number of rotatable bonds is 5. The van der Waals surface area contributed by atoms with Crippen molar-refractivity contribution in [2.24, 2.45) is 5.73 Å². The summed E-state index contributed by atoms with van der Waals surface area (Å²) in [6.45, 7) is 0. The van der Waals surface area contributed by atoms with Gasteiger partial charge in [0.2, 0.25) is 0 Å². The fourth-order valence-electron chi connectivity index (χ4n) is 2.82. The van der Waals surface area contributed by atoms with E-state index in [1.807, 2.05) is 73.0 Å². The van der Waals surface area contributed by atoms with Crippen LogP contribution in [0.25, 0.3) is 22.3 Å². The molecule has 4 N–H and O–H groups in total. The van der Waals surface area contributed by atoms with Crippen molar-refractivity contribution in [3.63, 3.8) is 0 Å². The Morgan fingerprint density at radius 1 is 0.885 bits per heavy atom. The van der Waals surface area contributed by atoms with E-state index in [0.717, 1.165) is 27.1 Å². The molecular weight excluding hydrogens is 342 g/mol. The van der Waals surface area contributed by atoms with E-state index in [9.17, 15) is 4.79 Å². The summed E-state index contributed by atoms with van der Waals surface area (Å²) in [4.78, 5) is 13.0. The zero-order valence-electron chi connectivity index (χ0n) is 14.8. The maximum absolute atomic E-state index is 11.9. The second-order valence-electron chi connectivity index (χ2n) is 6.15. The summed E-state index contributed by atoms with van der Waals surface area (Å²) in [5, 5.41) is 0. The molecule has 1 amide bonds. The third-order valence-electron chi connectivity index (χ3n) is 3.99. The fraction of sp³-hybridized carbons (Fsp3) is 0.0952. The quantitative estimate of drug-likeness (QED) is 0.524. The minimum absolute atomic E-state index is 0.340. The minimum Gasteiger partial charge on any atom is -0.398 e. The molecule has 0 aliphatic carbocycles. The SMILES string of the molecule is CN(C)Sc1cccc(-c2cc(-c3ccccc3)cc(C(N)=O)c2N)c1. The number of primary amides is 1. The van der Waals surface area contributed by atoms with Crippen molar-refractivity contribution in [1.82, 2.24) is 4.31 Å². The maximum Gasteiger partial charge on any atom is 0.250 e. The number of anilines is 1. The number of carbonyl (C=O) groups excluding carboxylic acids is 1. The van der Waals surface area contributed by atoms with Crippen LogP contribution in [0.4, 0.5) is 5.69 Å². The van der Waals surface area contributed by atoms with Gasteiger partial charge in [0, 0.05) is 10.5 Å². The van der Waals surface area contributed by atoms with Gasteiger partial charge in [0.05, 0.1) is 11.3 Å². The number of hydrogen-bond donors (Lipinski definition) is 2. The molecule has 0 atom stereocenters. The van der Waals surface area contributed by atoms with Gasteiger partial charge in [-0.1, -0.05) is 42.5 Å². The molecule has 132 valence electrons. The minimum atomic E-state index is -0.527. The smallest absolute Gasteiger partial charge is 0.250 e. The van der Waals surface area contributed by atoms with E-state index in [1.54, 1.807) is 18.0 Å². The molecule has 0 aliphatic rings. The van der Waals surface area contributed by atoms with Crippen molar-refractivity contribution in [3.05, 3.63) is 72.3 Å². The second kappa shape index (κ2) is 7.64. The van der Waals surface area contributed by atoms with Crippen LogP contribution in [-0.4, -0.2) is 24.3 Å². The molecule has 0 fully saturated rings. The summed E-state index contributed by atoms with van der Waals surface area (Å²) in [6.07, 6.45) is 0. The van der Waals surface area contributed by atoms with Gasteiger partial charge in [-0.2, -0.15) is 0 Å². The molecule has 3 rings (SSSR count). The number of benzene rings is 3. The van der Waals surface area contributed by atoms with Crippen LogP contribution in [0.2, 0.25) is 0 Å². The molecule has 0 aromatic heterocycles. The van der Waals surface area contributed by atoms with E-state index in [1.165, 1.54) is 0 Å². The molecule has 0 radical (unpaired) electrons. The van der Waals surface area contributed by atoms with Gasteiger partial charge in [0.25, 0.3) is 5.91 Å². The number of hydrogen-bond acceptors (Lipinski definition) is 4. The Bertz CT molecular complexity index is 939. The Morgan fingerprint density at radius 3 is 2.23 bits per heavy atom. The molecule has 3 aromatic rings. The summed E-state index contributed by atoms with van der Waals surface area (Å²) >= 11 is 1.63. The van der Waals surface area contributed by atoms with Crippen LogP contribution in [0.15, 0.2) is 71.6 Å². The number of amides is 1. The lowest BCUT2D eigenvalue weighted by Crippen LogP contribution is -2.14. The zero-order valence-corrected chi connectivity index (χ0v) is 15.6. The molecule has 0 aliphatic heterocycles. The van der Waals surface area contributed by atoms with Crippen LogP contribution in [0.5, 0.6) is 0 Å². The van der Waals surface area contributed by atoms with E-state index in [0.29, 0.717) is 11.3 Å². The Balaban J connectivity index is 2.17. The van der Waals surface area contributed by atoms with Crippen LogP contribution in [-0.2, 0) is 0 Å². The fourth-order valence-corrected chi connectivity index (χ4v) is 3.57. The summed E-state index contributed by atoms with van der Waals surface area (Å²) < 4.78 is 2.03. The van der Waals surface area contributed by atoms with Gasteiger partial charge < -0.3 is 11.5 Å². The summed E-state index contributed by atoms with van der Waals surface area (Å²) in [5.74, 6) is -0.527. The number of nitrogens with zero attached hydrogens (tertiary/aromatic N) is 1. The van der Waals surface area contributed by atoms with E-state index in [4.69, 9.17) is 11.5 Å². The summed E-state index contributed by atoms with van der Waals surface area (Å²) in [5.41, 5.74) is 16.3. The van der Waals surface area contributed by atoms with Gasteiger partial charge in [-0.15, -0.1) is 0 Å². The van der Waals surface area contributed by atoms with Gasteiger partial charge in [-0.25, -0.2) is 0 Å². The highest BCUT2D eigenvalue weighted by molar-refractivity contribution is 7.97. The highest BCUT2D eigenvalue weighted by Gasteiger charge is 2.15. The molecule has 0 unspecified atom stereocenters. The normalized spacial score (nSPS) is 10.9. The average molecular weight is 363 g/mol. The summed E-state index contributed by atoms with van der Waals surface area (Å²) in [6, 6.07) is 21.7. The first-order valence-electron chi connectivity index (χ1n) is 8.20. The Hall–Kier alpha value is -2.76. The third-order valence-corrected chi connectivity index (χ3v) is 4.82. The molecular formula is C21H21N3OS. The first-order chi connectivity index (χ1) is 12.5. The van der Waals surface area contributed by atoms with Crippen molar-refractivity contribution in [2.75, 3.05) is 19.8 Å². The Labute approximate surface area is 158 Å². The predicted molar refractivity (Wildman–Crippen MR) is 110 cm³/mol. The standard InChI is InChI=1S/C21H21N3OS/c1-24(2)26-17-10-6-9-15(11-17)18-12-16(14-7-4-3-5-8-14)13-19(20(18)22)21(23)25/h3-13H,22H2,1-2H3,(H2,23,25). The molecule has 26 heavy (non-hydrogen) atoms. The molecule has 0 spiro atoms. The highest BCUT2D eigenvalue weighted by atomic mass is 32.2. The number of nitrogens with two attached hydrogens (primary N) is 2. The number of carbonyl (C=O) groups is 1. The topological polar surface area (TPSA) is 72.3 Å². The molecule has 5 heteroatoms. The van der Waals surface area contributed by atoms with Crippen molar-refractivity contribution in [1.29, 1.82) is 0 Å². The van der Waals surface area contributed by atoms with Gasteiger partial charge in [0.1, 0.15) is 0 Å². The predicted octanol–water partition coefficient (Wildman–Crippen LogP) is 4.27. The largest absolute Gasteiger partial charge is 0.398 e. The molecule has 4 nitrogen and oxygen atoms in total. The van der Waals surface area contributed by atoms with Gasteiger partial charge in [-0.3, -0.25) is 9.10 Å². The molecule has 0 heterocycles. The average Bonchev–Trinajstić information content (AvgIpc) is 2.62. The zero-order chi connectivity index (χ0) is 18.7. The second-order valence-corrected chi connectivity index (χ2v) is 7.53. The van der Waals surface area contributed by atoms with E-state index >= 15 is 0 Å². The van der Waals surface area contributed by atoms with Crippen LogP contribution < -0.4 is 11.5 Å². The first-order valence-corrected chi connectivity index (χ1v) is 8.97. The van der Waals surface area contributed by atoms with Crippen molar-refractivity contribution in [2.45, 2.75) is 4.90 Å². The highest BCUT2D eigenvalue weighted by Crippen LogP contribution is 2.35. The summed E-state index contributed by atoms with van der Waals surface area (Å²) in [7, 11) is 3.99. The Kier molecular flexibility index (Phi) is 5.30. The van der Waals surface area contributed by atoms with Crippen molar-refractivity contribution in [3.8, 4) is 22.3 Å².